The van der Waals surface area contributed by atoms with Crippen molar-refractivity contribution in [1.82, 2.24) is 20.0 Å². The van der Waals surface area contributed by atoms with Crippen molar-refractivity contribution in [2.24, 2.45) is 0 Å². The van der Waals surface area contributed by atoms with Gasteiger partial charge in [0.25, 0.3) is 5.91 Å². The molecular formula is C25H29ClN4O. The molecule has 0 saturated carbocycles. The van der Waals surface area contributed by atoms with Crippen LogP contribution in [-0.2, 0) is 13.1 Å². The first-order chi connectivity index (χ1) is 15.1. The Morgan fingerprint density at radius 2 is 1.71 bits per heavy atom. The summed E-state index contributed by atoms with van der Waals surface area (Å²) in [6, 6.07) is 18.1. The number of nitrogens with zero attached hydrogens (tertiary/aromatic N) is 3. The maximum Gasteiger partial charge on any atom is 0.256 e. The van der Waals surface area contributed by atoms with Crippen molar-refractivity contribution in [2.75, 3.05) is 13.1 Å². The second-order valence-corrected chi connectivity index (χ2v) is 8.55. The van der Waals surface area contributed by atoms with Crippen molar-refractivity contribution in [3.63, 3.8) is 0 Å². The summed E-state index contributed by atoms with van der Waals surface area (Å²) in [7, 11) is 0. The van der Waals surface area contributed by atoms with Crippen molar-refractivity contribution in [1.29, 1.82) is 0 Å². The van der Waals surface area contributed by atoms with Gasteiger partial charge in [-0.3, -0.25) is 9.69 Å². The Kier molecular flexibility index (Phi) is 7.05. The Morgan fingerprint density at radius 1 is 1.00 bits per heavy atom. The quantitative estimate of drug-likeness (QED) is 0.582. The van der Waals surface area contributed by atoms with Gasteiger partial charge in [-0.1, -0.05) is 66.9 Å². The van der Waals surface area contributed by atoms with Gasteiger partial charge >= 0.3 is 0 Å². The summed E-state index contributed by atoms with van der Waals surface area (Å²) in [5.41, 5.74) is 4.24. The molecule has 0 atom stereocenters. The number of aryl methyl sites for hydroxylation is 1. The van der Waals surface area contributed by atoms with Gasteiger partial charge in [0.05, 0.1) is 16.9 Å². The van der Waals surface area contributed by atoms with E-state index in [1.165, 1.54) is 44.3 Å². The number of nitrogens with one attached hydrogen (secondary N) is 1. The van der Waals surface area contributed by atoms with Crippen LogP contribution in [0.15, 0.2) is 54.6 Å². The van der Waals surface area contributed by atoms with Crippen LogP contribution >= 0.6 is 11.6 Å². The lowest BCUT2D eigenvalue weighted by atomic mass is 10.1. The smallest absolute Gasteiger partial charge is 0.256 e. The van der Waals surface area contributed by atoms with Gasteiger partial charge in [0.15, 0.2) is 0 Å². The van der Waals surface area contributed by atoms with E-state index in [1.807, 2.05) is 43.3 Å². The number of likely N-dealkylation sites (tertiary alicyclic amines) is 1. The Bertz CT molecular complexity index is 1020. The number of hydrogen-bond acceptors (Lipinski definition) is 3. The van der Waals surface area contributed by atoms with Crippen LogP contribution < -0.4 is 5.32 Å². The molecule has 31 heavy (non-hydrogen) atoms. The van der Waals surface area contributed by atoms with Gasteiger partial charge in [0.1, 0.15) is 5.15 Å². The Morgan fingerprint density at radius 3 is 2.45 bits per heavy atom. The van der Waals surface area contributed by atoms with Crippen molar-refractivity contribution < 1.29 is 4.79 Å². The molecule has 1 aromatic heterocycles. The normalized spacial score (nSPS) is 14.9. The molecule has 5 nitrogen and oxygen atoms in total. The van der Waals surface area contributed by atoms with Crippen molar-refractivity contribution in [3.8, 4) is 5.69 Å². The lowest BCUT2D eigenvalue weighted by Crippen LogP contribution is -2.25. The Balaban J connectivity index is 1.42. The molecular weight excluding hydrogens is 408 g/mol. The molecule has 1 saturated heterocycles. The minimum atomic E-state index is -0.206. The van der Waals surface area contributed by atoms with E-state index in [2.05, 4.69) is 33.5 Å². The topological polar surface area (TPSA) is 50.2 Å². The van der Waals surface area contributed by atoms with Crippen LogP contribution in [0.4, 0.5) is 0 Å². The number of carbonyl (C=O) groups is 1. The molecule has 0 bridgehead atoms. The van der Waals surface area contributed by atoms with E-state index in [0.29, 0.717) is 23.0 Å². The fourth-order valence-electron chi connectivity index (χ4n) is 4.16. The average Bonchev–Trinajstić information content (AvgIpc) is 2.94. The number of halogens is 1. The van der Waals surface area contributed by atoms with E-state index in [1.54, 1.807) is 4.68 Å². The molecule has 1 aliphatic heterocycles. The number of para-hydroxylation sites is 1. The molecule has 4 rings (SSSR count). The van der Waals surface area contributed by atoms with E-state index in [4.69, 9.17) is 11.6 Å². The molecule has 1 N–H and O–H groups in total. The molecule has 2 heterocycles. The highest BCUT2D eigenvalue weighted by atomic mass is 35.5. The third kappa shape index (κ3) is 5.35. The van der Waals surface area contributed by atoms with Gasteiger partial charge in [-0.15, -0.1) is 0 Å². The van der Waals surface area contributed by atoms with Crippen LogP contribution in [0, 0.1) is 6.92 Å². The van der Waals surface area contributed by atoms with Crippen LogP contribution in [0.1, 0.15) is 52.9 Å². The number of carbonyl (C=O) groups excluding carboxylic acids is 1. The summed E-state index contributed by atoms with van der Waals surface area (Å²) >= 11 is 6.52. The first kappa shape index (κ1) is 21.6. The summed E-state index contributed by atoms with van der Waals surface area (Å²) in [6.07, 6.45) is 5.25. The first-order valence-corrected chi connectivity index (χ1v) is 11.4. The maximum absolute atomic E-state index is 12.9. The van der Waals surface area contributed by atoms with E-state index < -0.39 is 0 Å². The minimum absolute atomic E-state index is 0.206. The van der Waals surface area contributed by atoms with Crippen LogP contribution in [-0.4, -0.2) is 33.7 Å². The maximum atomic E-state index is 12.9. The zero-order valence-electron chi connectivity index (χ0n) is 18.0. The summed E-state index contributed by atoms with van der Waals surface area (Å²) in [4.78, 5) is 15.4. The average molecular weight is 437 g/mol. The van der Waals surface area contributed by atoms with Gasteiger partial charge in [0.2, 0.25) is 0 Å². The van der Waals surface area contributed by atoms with Crippen LogP contribution in [0.25, 0.3) is 5.69 Å². The largest absolute Gasteiger partial charge is 0.348 e. The highest BCUT2D eigenvalue weighted by Gasteiger charge is 2.21. The minimum Gasteiger partial charge on any atom is -0.348 e. The summed E-state index contributed by atoms with van der Waals surface area (Å²) < 4.78 is 1.60. The van der Waals surface area contributed by atoms with Crippen molar-refractivity contribution >= 4 is 17.5 Å². The van der Waals surface area contributed by atoms with Crippen LogP contribution in [0.2, 0.25) is 5.15 Å². The number of hydrogen-bond donors (Lipinski definition) is 1. The van der Waals surface area contributed by atoms with Gasteiger partial charge in [-0.2, -0.15) is 5.10 Å². The molecule has 3 aromatic rings. The molecule has 6 heteroatoms. The fourth-order valence-corrected chi connectivity index (χ4v) is 4.52. The van der Waals surface area contributed by atoms with E-state index >= 15 is 0 Å². The molecule has 2 aromatic carbocycles. The molecule has 1 amide bonds. The van der Waals surface area contributed by atoms with E-state index in [0.717, 1.165) is 17.8 Å². The molecule has 0 unspecified atom stereocenters. The molecule has 162 valence electrons. The van der Waals surface area contributed by atoms with Crippen molar-refractivity contribution in [2.45, 2.75) is 45.7 Å². The second-order valence-electron chi connectivity index (χ2n) is 8.19. The third-order valence-electron chi connectivity index (χ3n) is 5.78. The lowest BCUT2D eigenvalue weighted by Gasteiger charge is -2.20. The van der Waals surface area contributed by atoms with Crippen molar-refractivity contribution in [3.05, 3.63) is 82.1 Å². The molecule has 1 fully saturated rings. The molecule has 0 aliphatic carbocycles. The van der Waals surface area contributed by atoms with E-state index in [-0.39, 0.29) is 5.91 Å². The first-order valence-electron chi connectivity index (χ1n) is 11.0. The SMILES string of the molecule is Cc1nn(-c2ccccc2)c(Cl)c1C(=O)NCc1cccc(CN2CCCCCC2)c1. The standard InChI is InChI=1S/C25H29ClN4O/c1-19-23(24(26)30(28-19)22-12-5-4-6-13-22)25(31)27-17-20-10-9-11-21(16-20)18-29-14-7-2-3-8-15-29/h4-6,9-13,16H,2-3,7-8,14-15,17-18H2,1H3,(H,27,31). The number of rotatable bonds is 6. The van der Waals surface area contributed by atoms with Crippen LogP contribution in [0.3, 0.4) is 0 Å². The number of amides is 1. The zero-order valence-corrected chi connectivity index (χ0v) is 18.7. The van der Waals surface area contributed by atoms with Gasteiger partial charge in [0, 0.05) is 13.1 Å². The van der Waals surface area contributed by atoms with E-state index in [9.17, 15) is 4.79 Å². The van der Waals surface area contributed by atoms with Gasteiger partial charge < -0.3 is 5.32 Å². The number of aromatic nitrogens is 2. The van der Waals surface area contributed by atoms with Crippen LogP contribution in [0.5, 0.6) is 0 Å². The fraction of sp³-hybridized carbons (Fsp3) is 0.360. The van der Waals surface area contributed by atoms with Gasteiger partial charge in [-0.05, 0) is 56.1 Å². The number of benzene rings is 2. The third-order valence-corrected chi connectivity index (χ3v) is 6.13. The van der Waals surface area contributed by atoms with Gasteiger partial charge in [-0.25, -0.2) is 4.68 Å². The summed E-state index contributed by atoms with van der Waals surface area (Å²) in [5, 5.41) is 7.80. The second kappa shape index (κ2) is 10.1. The predicted octanol–water partition coefficient (Wildman–Crippen LogP) is 5.14. The highest BCUT2D eigenvalue weighted by Crippen LogP contribution is 2.23. The Hall–Kier alpha value is -2.63. The summed E-state index contributed by atoms with van der Waals surface area (Å²) in [6.45, 7) is 5.58. The highest BCUT2D eigenvalue weighted by molar-refractivity contribution is 6.33. The zero-order chi connectivity index (χ0) is 21.6. The molecule has 0 spiro atoms. The lowest BCUT2D eigenvalue weighted by molar-refractivity contribution is 0.0950. The Labute approximate surface area is 189 Å². The predicted molar refractivity (Wildman–Crippen MR) is 125 cm³/mol. The molecule has 1 aliphatic rings. The summed E-state index contributed by atoms with van der Waals surface area (Å²) in [5.74, 6) is -0.206. The molecule has 0 radical (unpaired) electrons. The monoisotopic (exact) mass is 436 g/mol.